The van der Waals surface area contributed by atoms with E-state index in [4.69, 9.17) is 4.74 Å². The molecular formula is C18H16N2O5S. The molecule has 0 bridgehead atoms. The molecule has 0 atom stereocenters. The van der Waals surface area contributed by atoms with Crippen molar-refractivity contribution in [1.82, 2.24) is 0 Å². The van der Waals surface area contributed by atoms with Crippen molar-refractivity contribution in [2.24, 2.45) is 0 Å². The smallest absolute Gasteiger partial charge is 0.331 e. The molecule has 0 aliphatic rings. The Hall–Kier alpha value is -3.13. The Morgan fingerprint density at radius 2 is 2.00 bits per heavy atom. The Balaban J connectivity index is 1.85. The highest BCUT2D eigenvalue weighted by Crippen LogP contribution is 2.18. The normalized spacial score (nSPS) is 10.5. The quantitative estimate of drug-likeness (QED) is 0.263. The van der Waals surface area contributed by atoms with E-state index in [1.54, 1.807) is 23.9 Å². The molecule has 2 aromatic rings. The summed E-state index contributed by atoms with van der Waals surface area (Å²) in [5.74, 6) is -1.18. The van der Waals surface area contributed by atoms with Gasteiger partial charge >= 0.3 is 5.97 Å². The van der Waals surface area contributed by atoms with E-state index < -0.39 is 23.4 Å². The third kappa shape index (κ3) is 6.06. The van der Waals surface area contributed by atoms with Crippen LogP contribution in [-0.2, 0) is 14.3 Å². The van der Waals surface area contributed by atoms with Gasteiger partial charge in [0.15, 0.2) is 6.61 Å². The first-order valence-electron chi connectivity index (χ1n) is 7.51. The number of carbonyl (C=O) groups excluding carboxylic acids is 2. The average molecular weight is 372 g/mol. The van der Waals surface area contributed by atoms with Crippen molar-refractivity contribution in [3.05, 3.63) is 70.3 Å². The second kappa shape index (κ2) is 9.38. The molecule has 0 aliphatic carbocycles. The number of nitrogens with zero attached hydrogens (tertiary/aromatic N) is 1. The van der Waals surface area contributed by atoms with Crippen LogP contribution < -0.4 is 5.32 Å². The maximum absolute atomic E-state index is 11.8. The third-order valence-electron chi connectivity index (χ3n) is 3.19. The number of nitrogens with one attached hydrogen (secondary N) is 1. The minimum Gasteiger partial charge on any atom is -0.452 e. The summed E-state index contributed by atoms with van der Waals surface area (Å²) in [5.41, 5.74) is 1.02. The molecular weight excluding hydrogens is 356 g/mol. The van der Waals surface area contributed by atoms with Crippen LogP contribution in [-0.4, -0.2) is 29.7 Å². The van der Waals surface area contributed by atoms with Crippen LogP contribution in [0.1, 0.15) is 5.56 Å². The summed E-state index contributed by atoms with van der Waals surface area (Å²) >= 11 is 1.55. The van der Waals surface area contributed by atoms with Crippen LogP contribution >= 0.6 is 11.8 Å². The fourth-order valence-corrected chi connectivity index (χ4v) is 2.45. The van der Waals surface area contributed by atoms with E-state index in [9.17, 15) is 19.7 Å². The van der Waals surface area contributed by atoms with E-state index in [2.05, 4.69) is 5.32 Å². The lowest BCUT2D eigenvalue weighted by Gasteiger charge is -2.06. The highest BCUT2D eigenvalue weighted by Gasteiger charge is 2.07. The molecule has 0 aromatic heterocycles. The zero-order valence-electron chi connectivity index (χ0n) is 13.9. The van der Waals surface area contributed by atoms with Gasteiger partial charge in [-0.3, -0.25) is 14.9 Å². The topological polar surface area (TPSA) is 98.5 Å². The molecule has 134 valence electrons. The van der Waals surface area contributed by atoms with Crippen LogP contribution in [0.25, 0.3) is 6.08 Å². The second-order valence-electron chi connectivity index (χ2n) is 5.07. The van der Waals surface area contributed by atoms with Gasteiger partial charge in [0.05, 0.1) is 4.92 Å². The average Bonchev–Trinajstić information content (AvgIpc) is 2.65. The lowest BCUT2D eigenvalue weighted by molar-refractivity contribution is -0.384. The van der Waals surface area contributed by atoms with E-state index in [0.29, 0.717) is 11.3 Å². The zero-order chi connectivity index (χ0) is 18.9. The van der Waals surface area contributed by atoms with Gasteiger partial charge in [0.2, 0.25) is 0 Å². The van der Waals surface area contributed by atoms with Gasteiger partial charge in [0, 0.05) is 28.8 Å². The van der Waals surface area contributed by atoms with Crippen molar-refractivity contribution < 1.29 is 19.2 Å². The molecule has 0 radical (unpaired) electrons. The highest BCUT2D eigenvalue weighted by atomic mass is 32.2. The number of thioether (sulfide) groups is 1. The first-order valence-corrected chi connectivity index (χ1v) is 8.73. The van der Waals surface area contributed by atoms with Gasteiger partial charge in [0.25, 0.3) is 11.6 Å². The van der Waals surface area contributed by atoms with Gasteiger partial charge in [-0.1, -0.05) is 18.2 Å². The Morgan fingerprint density at radius 3 is 2.73 bits per heavy atom. The Bertz CT molecular complexity index is 851. The van der Waals surface area contributed by atoms with Gasteiger partial charge in [-0.05, 0) is 36.1 Å². The predicted octanol–water partition coefficient (Wildman–Crippen LogP) is 3.51. The highest BCUT2D eigenvalue weighted by molar-refractivity contribution is 7.98. The molecule has 8 heteroatoms. The van der Waals surface area contributed by atoms with Crippen molar-refractivity contribution in [2.45, 2.75) is 4.90 Å². The van der Waals surface area contributed by atoms with Crippen LogP contribution in [0.15, 0.2) is 59.5 Å². The summed E-state index contributed by atoms with van der Waals surface area (Å²) in [7, 11) is 0. The molecule has 1 N–H and O–H groups in total. The van der Waals surface area contributed by atoms with Crippen molar-refractivity contribution in [2.75, 3.05) is 18.2 Å². The number of hydrogen-bond acceptors (Lipinski definition) is 6. The van der Waals surface area contributed by atoms with Crippen LogP contribution in [0, 0.1) is 10.1 Å². The molecule has 1 amide bonds. The summed E-state index contributed by atoms with van der Waals surface area (Å²) in [6.07, 6.45) is 4.42. The number of hydrogen-bond donors (Lipinski definition) is 1. The number of nitro benzene ring substituents is 1. The van der Waals surface area contributed by atoms with Gasteiger partial charge in [0.1, 0.15) is 0 Å². The molecule has 2 rings (SSSR count). The number of non-ortho nitro benzene ring substituents is 1. The van der Waals surface area contributed by atoms with Crippen molar-refractivity contribution >= 4 is 41.1 Å². The fourth-order valence-electron chi connectivity index (χ4n) is 1.99. The molecule has 0 aliphatic heterocycles. The number of anilines is 1. The van der Waals surface area contributed by atoms with E-state index >= 15 is 0 Å². The van der Waals surface area contributed by atoms with Gasteiger partial charge < -0.3 is 10.1 Å². The monoisotopic (exact) mass is 372 g/mol. The Labute approximate surface area is 154 Å². The lowest BCUT2D eigenvalue weighted by Crippen LogP contribution is -2.20. The van der Waals surface area contributed by atoms with E-state index in [1.807, 2.05) is 24.5 Å². The first-order chi connectivity index (χ1) is 12.5. The van der Waals surface area contributed by atoms with Crippen LogP contribution in [0.2, 0.25) is 0 Å². The van der Waals surface area contributed by atoms with Crippen molar-refractivity contribution in [3.8, 4) is 0 Å². The van der Waals surface area contributed by atoms with Crippen molar-refractivity contribution in [3.63, 3.8) is 0 Å². The molecule has 0 unspecified atom stereocenters. The zero-order valence-corrected chi connectivity index (χ0v) is 14.7. The standard InChI is InChI=1S/C18H16N2O5S/c1-26-16-7-3-5-14(11-16)19-17(21)12-25-18(22)9-8-13-4-2-6-15(10-13)20(23)24/h2-11H,12H2,1H3,(H,19,21). The summed E-state index contributed by atoms with van der Waals surface area (Å²) in [6, 6.07) is 13.1. The van der Waals surface area contributed by atoms with Crippen LogP contribution in [0.5, 0.6) is 0 Å². The number of nitro groups is 1. The third-order valence-corrected chi connectivity index (χ3v) is 3.92. The summed E-state index contributed by atoms with van der Waals surface area (Å²) < 4.78 is 4.86. The number of amides is 1. The predicted molar refractivity (Wildman–Crippen MR) is 99.9 cm³/mol. The summed E-state index contributed by atoms with van der Waals surface area (Å²) in [6.45, 7) is -0.429. The molecule has 7 nitrogen and oxygen atoms in total. The van der Waals surface area contributed by atoms with E-state index in [-0.39, 0.29) is 5.69 Å². The van der Waals surface area contributed by atoms with Gasteiger partial charge in [-0.15, -0.1) is 11.8 Å². The lowest BCUT2D eigenvalue weighted by atomic mass is 10.2. The Kier molecular flexibility index (Phi) is 6.92. The molecule has 0 fully saturated rings. The van der Waals surface area contributed by atoms with Gasteiger partial charge in [-0.2, -0.15) is 0 Å². The SMILES string of the molecule is CSc1cccc(NC(=O)COC(=O)C=Cc2cccc([N+](=O)[O-])c2)c1. The number of esters is 1. The van der Waals surface area contributed by atoms with Crippen LogP contribution in [0.4, 0.5) is 11.4 Å². The van der Waals surface area contributed by atoms with Gasteiger partial charge in [-0.25, -0.2) is 4.79 Å². The van der Waals surface area contributed by atoms with E-state index in [0.717, 1.165) is 11.0 Å². The minimum absolute atomic E-state index is 0.0765. The maximum Gasteiger partial charge on any atom is 0.331 e. The molecule has 26 heavy (non-hydrogen) atoms. The molecule has 0 saturated heterocycles. The summed E-state index contributed by atoms with van der Waals surface area (Å²) in [5, 5.41) is 13.3. The number of rotatable bonds is 7. The molecule has 0 saturated carbocycles. The number of carbonyl (C=O) groups is 2. The number of ether oxygens (including phenoxy) is 1. The summed E-state index contributed by atoms with van der Waals surface area (Å²) in [4.78, 5) is 34.7. The minimum atomic E-state index is -0.718. The molecule has 0 spiro atoms. The first kappa shape index (κ1) is 19.2. The fraction of sp³-hybridized carbons (Fsp3) is 0.111. The molecule has 2 aromatic carbocycles. The second-order valence-corrected chi connectivity index (χ2v) is 5.95. The molecule has 0 heterocycles. The maximum atomic E-state index is 11.8. The largest absolute Gasteiger partial charge is 0.452 e. The number of benzene rings is 2. The van der Waals surface area contributed by atoms with Crippen LogP contribution in [0.3, 0.4) is 0 Å². The van der Waals surface area contributed by atoms with Crippen molar-refractivity contribution in [1.29, 1.82) is 0 Å². The van der Waals surface area contributed by atoms with E-state index in [1.165, 1.54) is 24.3 Å². The Morgan fingerprint density at radius 1 is 1.23 bits per heavy atom.